The second kappa shape index (κ2) is 9.81. The number of nitro benzene ring substituents is 1. The van der Waals surface area contributed by atoms with Gasteiger partial charge in [-0.2, -0.15) is 0 Å². The van der Waals surface area contributed by atoms with Crippen LogP contribution >= 0.6 is 0 Å². The number of aryl methyl sites for hydroxylation is 1. The van der Waals surface area contributed by atoms with Crippen molar-refractivity contribution in [1.29, 1.82) is 0 Å². The van der Waals surface area contributed by atoms with Gasteiger partial charge in [0, 0.05) is 12.1 Å². The van der Waals surface area contributed by atoms with E-state index in [2.05, 4.69) is 9.19 Å². The SMILES string of the molecule is CC(=O)Nc1ccc([As](=O)(O)OO)cc1.Cc1cc(C(=O)O)cc([N+](=O)[O-])c1. The van der Waals surface area contributed by atoms with Crippen LogP contribution in [0.3, 0.4) is 0 Å². The number of nitrogens with zero attached hydrogens (tertiary/aromatic N) is 1. The molecule has 0 aliphatic heterocycles. The van der Waals surface area contributed by atoms with Crippen LogP contribution in [0.15, 0.2) is 42.5 Å². The van der Waals surface area contributed by atoms with Gasteiger partial charge >= 0.3 is 94.4 Å². The monoisotopic (exact) mass is 456 g/mol. The van der Waals surface area contributed by atoms with Crippen LogP contribution in [-0.2, 0) is 12.4 Å². The average Bonchev–Trinajstić information content (AvgIpc) is 2.61. The number of non-ortho nitro benzene ring substituents is 1. The van der Waals surface area contributed by atoms with Gasteiger partial charge in [0.15, 0.2) is 0 Å². The van der Waals surface area contributed by atoms with Crippen molar-refractivity contribution in [3.63, 3.8) is 0 Å². The molecule has 0 aliphatic rings. The summed E-state index contributed by atoms with van der Waals surface area (Å²) in [6.45, 7) is 2.96. The molecule has 0 radical (unpaired) electrons. The number of carbonyl (C=O) groups is 2. The van der Waals surface area contributed by atoms with Crippen LogP contribution in [0, 0.1) is 17.0 Å². The van der Waals surface area contributed by atoms with Gasteiger partial charge in [0.1, 0.15) is 0 Å². The summed E-state index contributed by atoms with van der Waals surface area (Å²) in [5, 5.41) is 29.6. The van der Waals surface area contributed by atoms with Gasteiger partial charge in [0.25, 0.3) is 5.69 Å². The summed E-state index contributed by atoms with van der Waals surface area (Å²) in [5.74, 6) is -1.40. The molecule has 1 amide bonds. The molecule has 2 rings (SSSR count). The van der Waals surface area contributed by atoms with Gasteiger partial charge in [-0.3, -0.25) is 10.1 Å². The molecule has 11 nitrogen and oxygen atoms in total. The Morgan fingerprint density at radius 3 is 2.18 bits per heavy atom. The fourth-order valence-electron chi connectivity index (χ4n) is 1.98. The number of nitrogens with one attached hydrogen (secondary N) is 1. The zero-order chi connectivity index (χ0) is 21.5. The molecule has 2 aromatic rings. The zero-order valence-corrected chi connectivity index (χ0v) is 16.6. The number of aromatic carboxylic acids is 1. The molecule has 12 heteroatoms. The molecule has 0 saturated carbocycles. The third kappa shape index (κ3) is 6.97. The molecule has 4 N–H and O–H groups in total. The van der Waals surface area contributed by atoms with E-state index in [4.69, 9.17) is 14.5 Å². The third-order valence-corrected chi connectivity index (χ3v) is 5.60. The summed E-state index contributed by atoms with van der Waals surface area (Å²) >= 11 is -4.76. The van der Waals surface area contributed by atoms with E-state index in [-0.39, 0.29) is 21.5 Å². The van der Waals surface area contributed by atoms with Gasteiger partial charge in [0.05, 0.1) is 10.5 Å². The minimum atomic E-state index is -4.76. The van der Waals surface area contributed by atoms with Crippen LogP contribution in [0.5, 0.6) is 0 Å². The van der Waals surface area contributed by atoms with Gasteiger partial charge in [0.2, 0.25) is 0 Å². The fraction of sp³-hybridized carbons (Fsp3) is 0.125. The number of benzene rings is 2. The molecule has 1 unspecified atom stereocenters. The quantitative estimate of drug-likeness (QED) is 0.224. The Morgan fingerprint density at radius 1 is 1.18 bits per heavy atom. The number of nitro groups is 1. The predicted molar refractivity (Wildman–Crippen MR) is 97.5 cm³/mol. The van der Waals surface area contributed by atoms with Crippen molar-refractivity contribution >= 4 is 41.8 Å². The van der Waals surface area contributed by atoms with E-state index in [1.54, 1.807) is 6.92 Å². The summed E-state index contributed by atoms with van der Waals surface area (Å²) in [5.41, 5.74) is 0.801. The minimum Gasteiger partial charge on any atom is -0.478 e. The summed E-state index contributed by atoms with van der Waals surface area (Å²) in [7, 11) is 0. The molecule has 2 aromatic carbocycles. The van der Waals surface area contributed by atoms with Crippen LogP contribution in [0.4, 0.5) is 11.4 Å². The van der Waals surface area contributed by atoms with E-state index in [0.29, 0.717) is 11.3 Å². The molecular weight excluding hydrogens is 439 g/mol. The predicted octanol–water partition coefficient (Wildman–Crippen LogP) is 1.30. The largest absolute Gasteiger partial charge is 0.478 e. The van der Waals surface area contributed by atoms with Crippen LogP contribution in [0.25, 0.3) is 0 Å². The third-order valence-electron chi connectivity index (χ3n) is 3.14. The van der Waals surface area contributed by atoms with Crippen LogP contribution in [0.2, 0.25) is 0 Å². The van der Waals surface area contributed by atoms with Crippen molar-refractivity contribution in [3.8, 4) is 0 Å². The van der Waals surface area contributed by atoms with E-state index in [1.165, 1.54) is 43.3 Å². The van der Waals surface area contributed by atoms with Crippen molar-refractivity contribution in [2.75, 3.05) is 5.32 Å². The number of anilines is 1. The van der Waals surface area contributed by atoms with Gasteiger partial charge < -0.3 is 5.11 Å². The molecule has 150 valence electrons. The Hall–Kier alpha value is -2.98. The molecule has 28 heavy (non-hydrogen) atoms. The van der Waals surface area contributed by atoms with Crippen molar-refractivity contribution in [3.05, 3.63) is 63.7 Å². The summed E-state index contributed by atoms with van der Waals surface area (Å²) in [4.78, 5) is 30.9. The van der Waals surface area contributed by atoms with Crippen LogP contribution in [-0.4, -0.2) is 45.4 Å². The molecule has 0 bridgehead atoms. The van der Waals surface area contributed by atoms with E-state index >= 15 is 0 Å². The Bertz CT molecular complexity index is 896. The minimum absolute atomic E-state index is 0.00438. The van der Waals surface area contributed by atoms with E-state index in [9.17, 15) is 23.4 Å². The van der Waals surface area contributed by atoms with Crippen molar-refractivity contribution in [1.82, 2.24) is 0 Å². The van der Waals surface area contributed by atoms with E-state index in [0.717, 1.165) is 6.07 Å². The average molecular weight is 456 g/mol. The Kier molecular flexibility index (Phi) is 8.08. The number of hydrogen-bond donors (Lipinski definition) is 4. The summed E-state index contributed by atoms with van der Waals surface area (Å²) < 4.78 is 23.8. The van der Waals surface area contributed by atoms with Crippen molar-refractivity contribution in [2.45, 2.75) is 13.8 Å². The van der Waals surface area contributed by atoms with E-state index < -0.39 is 25.1 Å². The smallest absolute Gasteiger partial charge is 0.335 e. The van der Waals surface area contributed by atoms with E-state index in [1.807, 2.05) is 0 Å². The Morgan fingerprint density at radius 2 is 1.75 bits per heavy atom. The maximum absolute atomic E-state index is 11.2. The first kappa shape index (κ1) is 23.1. The first-order chi connectivity index (χ1) is 13.0. The summed E-state index contributed by atoms with van der Waals surface area (Å²) in [6, 6.07) is 9.25. The molecule has 0 heterocycles. The number of carboxylic acid groups (broad SMARTS) is 1. The number of hydrogen-bond acceptors (Lipinski definition) is 7. The second-order valence-electron chi connectivity index (χ2n) is 5.45. The van der Waals surface area contributed by atoms with Crippen molar-refractivity contribution < 1.29 is 36.6 Å². The molecule has 0 spiro atoms. The second-order valence-corrected chi connectivity index (χ2v) is 9.06. The molecule has 0 aromatic heterocycles. The normalized spacial score (nSPS) is 12.1. The molecule has 0 fully saturated rings. The fourth-order valence-corrected chi connectivity index (χ4v) is 3.28. The van der Waals surface area contributed by atoms with Gasteiger partial charge in [-0.1, -0.05) is 0 Å². The van der Waals surface area contributed by atoms with Crippen LogP contribution < -0.4 is 9.67 Å². The van der Waals surface area contributed by atoms with Gasteiger partial charge in [-0.25, -0.2) is 4.79 Å². The standard InChI is InChI=1S/C8H10AsNO5.C8H7NO4/c1-6(11)10-8-4-2-7(3-5-8)9(12,13)15-14;1-5-2-6(8(10)11)4-7(3-5)9(12)13/h2-5,14H,1H3,(H,10,11)(H,12,13);2-4H,1H3,(H,10,11). The van der Waals surface area contributed by atoms with Crippen molar-refractivity contribution in [2.24, 2.45) is 0 Å². The first-order valence-corrected chi connectivity index (χ1v) is 10.8. The Labute approximate surface area is 161 Å². The topological polar surface area (TPSA) is 176 Å². The maximum Gasteiger partial charge on any atom is 0.335 e. The molecule has 0 aliphatic carbocycles. The number of carbonyl (C=O) groups excluding carboxylic acids is 1. The summed E-state index contributed by atoms with van der Waals surface area (Å²) in [6.07, 6.45) is 0. The Balaban J connectivity index is 0.000000283. The van der Waals surface area contributed by atoms with Crippen LogP contribution in [0.1, 0.15) is 22.8 Å². The molecule has 0 saturated heterocycles. The van der Waals surface area contributed by atoms with Gasteiger partial charge in [-0.05, 0) is 18.6 Å². The first-order valence-electron chi connectivity index (χ1n) is 7.50. The molecule has 1 atom stereocenters. The number of amides is 1. The molecular formula is C16H17AsN2O9. The number of rotatable bonds is 5. The van der Waals surface area contributed by atoms with Gasteiger partial charge in [-0.15, -0.1) is 0 Å². The maximum atomic E-state index is 11.2. The zero-order valence-electron chi connectivity index (χ0n) is 14.7. The number of carboxylic acids is 1.